The van der Waals surface area contributed by atoms with E-state index >= 15 is 0 Å². The predicted molar refractivity (Wildman–Crippen MR) is 116 cm³/mol. The molecule has 0 aliphatic heterocycles. The van der Waals surface area contributed by atoms with Gasteiger partial charge in [0, 0.05) is 12.1 Å². The van der Waals surface area contributed by atoms with Gasteiger partial charge in [-0.15, -0.1) is 0 Å². The maximum atomic E-state index is 4.71. The molecule has 1 aromatic heterocycles. The Kier molecular flexibility index (Phi) is 6.78. The van der Waals surface area contributed by atoms with Crippen molar-refractivity contribution in [2.75, 3.05) is 13.6 Å². The van der Waals surface area contributed by atoms with Gasteiger partial charge < -0.3 is 5.32 Å². The van der Waals surface area contributed by atoms with Gasteiger partial charge in [-0.25, -0.2) is 0 Å². The summed E-state index contributed by atoms with van der Waals surface area (Å²) in [4.78, 5) is 4.71. The molecule has 2 nitrogen and oxygen atoms in total. The zero-order valence-corrected chi connectivity index (χ0v) is 16.4. The van der Waals surface area contributed by atoms with E-state index in [-0.39, 0.29) is 5.92 Å². The summed E-state index contributed by atoms with van der Waals surface area (Å²) in [5.41, 5.74) is 4.89. The van der Waals surface area contributed by atoms with Crippen LogP contribution in [0.15, 0.2) is 66.9 Å². The summed E-state index contributed by atoms with van der Waals surface area (Å²) in [7, 11) is 2.00. The first-order valence-corrected chi connectivity index (χ1v) is 9.91. The molecule has 0 saturated heterocycles. The van der Waals surface area contributed by atoms with Gasteiger partial charge in [-0.1, -0.05) is 61.2 Å². The fraction of sp³-hybridized carbons (Fsp3) is 0.320. The van der Waals surface area contributed by atoms with Crippen molar-refractivity contribution in [2.45, 2.75) is 38.0 Å². The molecule has 1 aromatic carbocycles. The van der Waals surface area contributed by atoms with Crippen LogP contribution in [0, 0.1) is 0 Å². The number of aromatic nitrogens is 1. The van der Waals surface area contributed by atoms with Crippen LogP contribution in [0.1, 0.15) is 42.7 Å². The number of benzene rings is 1. The van der Waals surface area contributed by atoms with Crippen LogP contribution in [0.2, 0.25) is 0 Å². The summed E-state index contributed by atoms with van der Waals surface area (Å²) in [5, 5.41) is 5.65. The maximum absolute atomic E-state index is 4.71. The summed E-state index contributed by atoms with van der Waals surface area (Å²) in [6, 6.07) is 12.9. The van der Waals surface area contributed by atoms with E-state index in [1.54, 1.807) is 0 Å². The molecule has 0 bridgehead atoms. The molecule has 3 rings (SSSR count). The SMILES string of the molecule is C=C(CCc1ccccc1)C(=C)C(CCNC)c1cnc2c(c1)=CCCC=2. The van der Waals surface area contributed by atoms with E-state index in [1.807, 2.05) is 13.2 Å². The molecule has 1 unspecified atom stereocenters. The van der Waals surface area contributed by atoms with Crippen LogP contribution in [0.25, 0.3) is 12.2 Å². The van der Waals surface area contributed by atoms with Gasteiger partial charge in [0.15, 0.2) is 0 Å². The smallest absolute Gasteiger partial charge is 0.0659 e. The Morgan fingerprint density at radius 1 is 1.15 bits per heavy atom. The van der Waals surface area contributed by atoms with Gasteiger partial charge in [-0.3, -0.25) is 4.98 Å². The van der Waals surface area contributed by atoms with Gasteiger partial charge in [0.05, 0.1) is 5.35 Å². The van der Waals surface area contributed by atoms with E-state index in [1.165, 1.54) is 16.3 Å². The molecule has 1 heterocycles. The van der Waals surface area contributed by atoms with Crippen molar-refractivity contribution in [1.82, 2.24) is 10.3 Å². The lowest BCUT2D eigenvalue weighted by Crippen LogP contribution is -2.31. The maximum Gasteiger partial charge on any atom is 0.0659 e. The third-order valence-corrected chi connectivity index (χ3v) is 5.36. The number of nitrogens with zero attached hydrogens (tertiary/aromatic N) is 1. The van der Waals surface area contributed by atoms with Gasteiger partial charge >= 0.3 is 0 Å². The van der Waals surface area contributed by atoms with E-state index in [4.69, 9.17) is 4.98 Å². The highest BCUT2D eigenvalue weighted by atomic mass is 14.8. The average molecular weight is 359 g/mol. The van der Waals surface area contributed by atoms with Crippen molar-refractivity contribution < 1.29 is 0 Å². The van der Waals surface area contributed by atoms with E-state index in [0.717, 1.165) is 55.1 Å². The van der Waals surface area contributed by atoms with Crippen molar-refractivity contribution in [1.29, 1.82) is 0 Å². The van der Waals surface area contributed by atoms with Crippen molar-refractivity contribution in [3.05, 3.63) is 88.6 Å². The second-order valence-corrected chi connectivity index (χ2v) is 7.29. The van der Waals surface area contributed by atoms with Gasteiger partial charge in [0.2, 0.25) is 0 Å². The van der Waals surface area contributed by atoms with Crippen molar-refractivity contribution in [2.24, 2.45) is 0 Å². The third-order valence-electron chi connectivity index (χ3n) is 5.36. The molecule has 2 heteroatoms. The molecule has 0 saturated carbocycles. The highest BCUT2D eigenvalue weighted by Gasteiger charge is 2.18. The molecule has 2 aromatic rings. The monoisotopic (exact) mass is 358 g/mol. The fourth-order valence-corrected chi connectivity index (χ4v) is 3.67. The number of hydrogen-bond donors (Lipinski definition) is 1. The van der Waals surface area contributed by atoms with Gasteiger partial charge in [0.25, 0.3) is 0 Å². The summed E-state index contributed by atoms with van der Waals surface area (Å²) in [5.74, 6) is 0.258. The van der Waals surface area contributed by atoms with Crippen molar-refractivity contribution in [3.63, 3.8) is 0 Å². The minimum atomic E-state index is 0.258. The largest absolute Gasteiger partial charge is 0.320 e. The Morgan fingerprint density at radius 3 is 2.70 bits per heavy atom. The highest BCUT2D eigenvalue weighted by Crippen LogP contribution is 2.31. The molecule has 1 N–H and O–H groups in total. The molecule has 0 amide bonds. The minimum absolute atomic E-state index is 0.258. The van der Waals surface area contributed by atoms with Crippen LogP contribution in [0.3, 0.4) is 0 Å². The first kappa shape index (κ1) is 19.3. The van der Waals surface area contributed by atoms with Crippen LogP contribution in [-0.4, -0.2) is 18.6 Å². The molecule has 0 radical (unpaired) electrons. The standard InChI is InChI=1S/C25H30N2/c1-19(13-14-21-9-5-4-6-10-21)20(2)24(15-16-26-3)23-17-22-11-7-8-12-25(22)27-18-23/h4-6,9-12,17-18,24,26H,1-2,7-8,13-16H2,3H3. The van der Waals surface area contributed by atoms with Crippen molar-refractivity contribution >= 4 is 12.2 Å². The summed E-state index contributed by atoms with van der Waals surface area (Å²) < 4.78 is 0. The van der Waals surface area contributed by atoms with Crippen LogP contribution in [0.5, 0.6) is 0 Å². The number of nitrogens with one attached hydrogen (secondary N) is 1. The van der Waals surface area contributed by atoms with Crippen molar-refractivity contribution in [3.8, 4) is 0 Å². The molecule has 0 fully saturated rings. The Morgan fingerprint density at radius 2 is 1.93 bits per heavy atom. The molecule has 140 valence electrons. The Hall–Kier alpha value is -2.45. The van der Waals surface area contributed by atoms with Gasteiger partial charge in [-0.2, -0.15) is 0 Å². The highest BCUT2D eigenvalue weighted by molar-refractivity contribution is 5.41. The lowest BCUT2D eigenvalue weighted by atomic mass is 9.84. The summed E-state index contributed by atoms with van der Waals surface area (Å²) in [6.45, 7) is 9.74. The topological polar surface area (TPSA) is 24.9 Å². The number of aryl methyl sites for hydroxylation is 1. The molecule has 0 spiro atoms. The lowest BCUT2D eigenvalue weighted by Gasteiger charge is -2.22. The van der Waals surface area contributed by atoms with Crippen LogP contribution in [0.4, 0.5) is 0 Å². The summed E-state index contributed by atoms with van der Waals surface area (Å²) in [6.07, 6.45) is 11.7. The quantitative estimate of drug-likeness (QED) is 0.688. The second-order valence-electron chi connectivity index (χ2n) is 7.29. The Balaban J connectivity index is 1.77. The number of rotatable bonds is 9. The van der Waals surface area contributed by atoms with E-state index in [2.05, 4.69) is 67.0 Å². The van der Waals surface area contributed by atoms with Crippen LogP contribution >= 0.6 is 0 Å². The third kappa shape index (κ3) is 5.05. The lowest BCUT2D eigenvalue weighted by molar-refractivity contribution is 0.651. The summed E-state index contributed by atoms with van der Waals surface area (Å²) >= 11 is 0. The number of hydrogen-bond acceptors (Lipinski definition) is 2. The molecular formula is C25H30N2. The van der Waals surface area contributed by atoms with E-state index in [0.29, 0.717) is 0 Å². The van der Waals surface area contributed by atoms with Crippen LogP contribution in [-0.2, 0) is 6.42 Å². The minimum Gasteiger partial charge on any atom is -0.320 e. The Bertz CT molecular complexity index is 909. The van der Waals surface area contributed by atoms with E-state index in [9.17, 15) is 0 Å². The van der Waals surface area contributed by atoms with Crippen LogP contribution < -0.4 is 15.9 Å². The molecule has 1 aliphatic carbocycles. The predicted octanol–water partition coefficient (Wildman–Crippen LogP) is 3.87. The first-order chi connectivity index (χ1) is 13.2. The van der Waals surface area contributed by atoms with Gasteiger partial charge in [-0.05, 0) is 73.7 Å². The van der Waals surface area contributed by atoms with Gasteiger partial charge in [0.1, 0.15) is 0 Å². The normalized spacial score (nSPS) is 13.8. The first-order valence-electron chi connectivity index (χ1n) is 9.91. The number of allylic oxidation sites excluding steroid dienone is 2. The molecule has 27 heavy (non-hydrogen) atoms. The Labute approximate surface area is 163 Å². The fourth-order valence-electron chi connectivity index (χ4n) is 3.67. The number of fused-ring (bicyclic) bond motifs is 1. The molecule has 1 aliphatic rings. The number of pyridine rings is 1. The van der Waals surface area contributed by atoms with E-state index < -0.39 is 0 Å². The molecular weight excluding hydrogens is 328 g/mol. The zero-order chi connectivity index (χ0) is 19.1. The zero-order valence-electron chi connectivity index (χ0n) is 16.4. The second kappa shape index (κ2) is 9.48. The molecule has 1 atom stereocenters. The average Bonchev–Trinajstić information content (AvgIpc) is 2.72.